The lowest BCUT2D eigenvalue weighted by molar-refractivity contribution is 0.398. The summed E-state index contributed by atoms with van der Waals surface area (Å²) in [6, 6.07) is 12.6. The van der Waals surface area contributed by atoms with Crippen molar-refractivity contribution in [1.29, 1.82) is 0 Å². The number of rotatable bonds is 4. The zero-order valence-corrected chi connectivity index (χ0v) is 11.0. The second-order valence-corrected chi connectivity index (χ2v) is 4.37. The Morgan fingerprint density at radius 3 is 2.67 bits per heavy atom. The van der Waals surface area contributed by atoms with Crippen LogP contribution in [0.2, 0.25) is 0 Å². The maximum Gasteiger partial charge on any atom is 0.213 e. The normalized spacial score (nSPS) is 11.9. The van der Waals surface area contributed by atoms with E-state index >= 15 is 0 Å². The third-order valence-corrected chi connectivity index (χ3v) is 2.87. The average molecular weight is 242 g/mol. The van der Waals surface area contributed by atoms with Gasteiger partial charge in [0.05, 0.1) is 19.0 Å². The number of nitrogens with zero attached hydrogens (tertiary/aromatic N) is 1. The highest BCUT2D eigenvalue weighted by molar-refractivity contribution is 5.44. The molecule has 0 saturated carbocycles. The highest BCUT2D eigenvalue weighted by Gasteiger charge is 2.05. The maximum absolute atomic E-state index is 5.04. The first-order chi connectivity index (χ1) is 8.69. The van der Waals surface area contributed by atoms with Gasteiger partial charge in [-0.25, -0.2) is 4.98 Å². The summed E-state index contributed by atoms with van der Waals surface area (Å²) in [5.41, 5.74) is 3.53. The summed E-state index contributed by atoms with van der Waals surface area (Å²) >= 11 is 0. The van der Waals surface area contributed by atoms with Gasteiger partial charge < -0.3 is 10.1 Å². The molecule has 2 aromatic rings. The van der Waals surface area contributed by atoms with Crippen molar-refractivity contribution >= 4 is 5.69 Å². The quantitative estimate of drug-likeness (QED) is 0.890. The Hall–Kier alpha value is -2.03. The van der Waals surface area contributed by atoms with Gasteiger partial charge in [-0.2, -0.15) is 0 Å². The molecular weight excluding hydrogens is 224 g/mol. The number of hydrogen-bond acceptors (Lipinski definition) is 3. The Bertz CT molecular complexity index is 508. The lowest BCUT2D eigenvalue weighted by atomic mass is 10.1. The predicted octanol–water partition coefficient (Wildman–Crippen LogP) is 3.57. The molecule has 3 heteroatoms. The van der Waals surface area contributed by atoms with E-state index in [1.54, 1.807) is 13.3 Å². The van der Waals surface area contributed by atoms with Gasteiger partial charge in [0.2, 0.25) is 5.88 Å². The van der Waals surface area contributed by atoms with Crippen molar-refractivity contribution in [3.05, 3.63) is 53.7 Å². The largest absolute Gasteiger partial charge is 0.481 e. The number of hydrogen-bond donors (Lipinski definition) is 1. The highest BCUT2D eigenvalue weighted by Crippen LogP contribution is 2.20. The van der Waals surface area contributed by atoms with E-state index < -0.39 is 0 Å². The number of methoxy groups -OCH3 is 1. The van der Waals surface area contributed by atoms with Crippen molar-refractivity contribution in [2.45, 2.75) is 19.9 Å². The second kappa shape index (κ2) is 5.54. The summed E-state index contributed by atoms with van der Waals surface area (Å²) < 4.78 is 5.04. The summed E-state index contributed by atoms with van der Waals surface area (Å²) in [7, 11) is 1.62. The molecule has 1 N–H and O–H groups in total. The third kappa shape index (κ3) is 3.00. The highest BCUT2D eigenvalue weighted by atomic mass is 16.5. The fourth-order valence-corrected chi connectivity index (χ4v) is 1.86. The summed E-state index contributed by atoms with van der Waals surface area (Å²) in [4.78, 5) is 4.18. The van der Waals surface area contributed by atoms with Crippen LogP contribution < -0.4 is 10.1 Å². The zero-order chi connectivity index (χ0) is 13.0. The van der Waals surface area contributed by atoms with Crippen LogP contribution in [0.25, 0.3) is 0 Å². The van der Waals surface area contributed by atoms with E-state index in [0.717, 1.165) is 5.69 Å². The molecule has 3 nitrogen and oxygen atoms in total. The number of benzene rings is 1. The molecule has 0 amide bonds. The van der Waals surface area contributed by atoms with Crippen LogP contribution in [-0.2, 0) is 0 Å². The number of aryl methyl sites for hydroxylation is 1. The van der Waals surface area contributed by atoms with Gasteiger partial charge in [-0.05, 0) is 25.5 Å². The SMILES string of the molecule is COc1ccc(NC(C)c2cccc(C)c2)cn1. The molecule has 0 aliphatic rings. The van der Waals surface area contributed by atoms with Gasteiger partial charge in [0, 0.05) is 12.1 Å². The third-order valence-electron chi connectivity index (χ3n) is 2.87. The van der Waals surface area contributed by atoms with Gasteiger partial charge in [-0.3, -0.25) is 0 Å². The van der Waals surface area contributed by atoms with Crippen LogP contribution >= 0.6 is 0 Å². The first-order valence-corrected chi connectivity index (χ1v) is 6.02. The van der Waals surface area contributed by atoms with Crippen LogP contribution in [0.1, 0.15) is 24.1 Å². The van der Waals surface area contributed by atoms with E-state index in [1.165, 1.54) is 11.1 Å². The van der Waals surface area contributed by atoms with E-state index in [9.17, 15) is 0 Å². The first-order valence-electron chi connectivity index (χ1n) is 6.02. The monoisotopic (exact) mass is 242 g/mol. The zero-order valence-electron chi connectivity index (χ0n) is 11.0. The fraction of sp³-hybridized carbons (Fsp3) is 0.267. The molecule has 1 unspecified atom stereocenters. The predicted molar refractivity (Wildman–Crippen MR) is 74.0 cm³/mol. The Morgan fingerprint density at radius 2 is 2.06 bits per heavy atom. The molecule has 1 heterocycles. The van der Waals surface area contributed by atoms with Crippen molar-refractivity contribution in [2.24, 2.45) is 0 Å². The number of anilines is 1. The minimum absolute atomic E-state index is 0.250. The van der Waals surface area contributed by atoms with E-state index in [-0.39, 0.29) is 6.04 Å². The van der Waals surface area contributed by atoms with Crippen LogP contribution in [0, 0.1) is 6.92 Å². The van der Waals surface area contributed by atoms with Gasteiger partial charge in [-0.1, -0.05) is 29.8 Å². The Morgan fingerprint density at radius 1 is 1.22 bits per heavy atom. The summed E-state index contributed by atoms with van der Waals surface area (Å²) in [5.74, 6) is 0.628. The Labute approximate surface area is 108 Å². The second-order valence-electron chi connectivity index (χ2n) is 4.37. The van der Waals surface area contributed by atoms with Gasteiger partial charge in [0.15, 0.2) is 0 Å². The van der Waals surface area contributed by atoms with Gasteiger partial charge >= 0.3 is 0 Å². The molecular formula is C15H18N2O. The fourth-order valence-electron chi connectivity index (χ4n) is 1.86. The van der Waals surface area contributed by atoms with Crippen LogP contribution in [0.5, 0.6) is 5.88 Å². The van der Waals surface area contributed by atoms with Crippen LogP contribution in [0.3, 0.4) is 0 Å². The minimum atomic E-state index is 0.250. The van der Waals surface area contributed by atoms with Gasteiger partial charge in [0.25, 0.3) is 0 Å². The number of aromatic nitrogens is 1. The number of ether oxygens (including phenoxy) is 1. The Kier molecular flexibility index (Phi) is 3.82. The van der Waals surface area contributed by atoms with Crippen LogP contribution in [-0.4, -0.2) is 12.1 Å². The van der Waals surface area contributed by atoms with E-state index in [2.05, 4.69) is 48.4 Å². The standard InChI is InChI=1S/C15H18N2O/c1-11-5-4-6-13(9-11)12(2)17-14-7-8-15(18-3)16-10-14/h4-10,12,17H,1-3H3. The molecule has 94 valence electrons. The van der Waals surface area contributed by atoms with E-state index in [0.29, 0.717) is 5.88 Å². The van der Waals surface area contributed by atoms with Gasteiger partial charge in [-0.15, -0.1) is 0 Å². The molecule has 1 aromatic heterocycles. The van der Waals surface area contributed by atoms with Crippen molar-refractivity contribution in [1.82, 2.24) is 4.98 Å². The van der Waals surface area contributed by atoms with Crippen LogP contribution in [0.15, 0.2) is 42.6 Å². The molecule has 0 aliphatic carbocycles. The van der Waals surface area contributed by atoms with Crippen molar-refractivity contribution in [3.63, 3.8) is 0 Å². The molecule has 1 atom stereocenters. The lowest BCUT2D eigenvalue weighted by Crippen LogP contribution is -2.07. The summed E-state index contributed by atoms with van der Waals surface area (Å²) in [6.07, 6.45) is 1.78. The molecule has 0 fully saturated rings. The van der Waals surface area contributed by atoms with Crippen molar-refractivity contribution in [3.8, 4) is 5.88 Å². The minimum Gasteiger partial charge on any atom is -0.481 e. The molecule has 0 saturated heterocycles. The summed E-state index contributed by atoms with van der Waals surface area (Å²) in [5, 5.41) is 3.42. The summed E-state index contributed by atoms with van der Waals surface area (Å²) in [6.45, 7) is 4.24. The first kappa shape index (κ1) is 12.4. The average Bonchev–Trinajstić information content (AvgIpc) is 2.39. The molecule has 0 aliphatic heterocycles. The number of nitrogens with one attached hydrogen (secondary N) is 1. The van der Waals surface area contributed by atoms with E-state index in [1.807, 2.05) is 12.1 Å². The number of pyridine rings is 1. The Balaban J connectivity index is 2.08. The molecule has 18 heavy (non-hydrogen) atoms. The van der Waals surface area contributed by atoms with Crippen molar-refractivity contribution in [2.75, 3.05) is 12.4 Å². The van der Waals surface area contributed by atoms with Gasteiger partial charge in [0.1, 0.15) is 0 Å². The molecule has 0 radical (unpaired) electrons. The topological polar surface area (TPSA) is 34.1 Å². The maximum atomic E-state index is 5.04. The molecule has 1 aromatic carbocycles. The van der Waals surface area contributed by atoms with Crippen molar-refractivity contribution < 1.29 is 4.74 Å². The van der Waals surface area contributed by atoms with E-state index in [4.69, 9.17) is 4.74 Å². The molecule has 0 spiro atoms. The molecule has 2 rings (SSSR count). The van der Waals surface area contributed by atoms with Crippen LogP contribution in [0.4, 0.5) is 5.69 Å². The smallest absolute Gasteiger partial charge is 0.213 e. The molecule has 0 bridgehead atoms. The lowest BCUT2D eigenvalue weighted by Gasteiger charge is -2.16.